The third-order valence-corrected chi connectivity index (χ3v) is 3.08. The van der Waals surface area contributed by atoms with Crippen LogP contribution < -0.4 is 5.32 Å². The van der Waals surface area contributed by atoms with E-state index >= 15 is 0 Å². The Morgan fingerprint density at radius 3 is 2.89 bits per heavy atom. The van der Waals surface area contributed by atoms with Crippen LogP contribution in [0.2, 0.25) is 5.02 Å². The van der Waals surface area contributed by atoms with Crippen molar-refractivity contribution in [2.75, 3.05) is 19.0 Å². The Kier molecular flexibility index (Phi) is 4.56. The van der Waals surface area contributed by atoms with E-state index in [1.54, 1.807) is 19.2 Å². The summed E-state index contributed by atoms with van der Waals surface area (Å²) < 4.78 is 19.1. The standard InChI is InChI=1S/C14H16ClFN2O/c1-3-6-17-12-7-9(8-19-2)18-14-10(12)4-5-11(15)13(14)16/h4-5,7H,3,6,8H2,1-2H3,(H,17,18). The summed E-state index contributed by atoms with van der Waals surface area (Å²) >= 11 is 5.81. The van der Waals surface area contributed by atoms with E-state index < -0.39 is 5.82 Å². The largest absolute Gasteiger partial charge is 0.384 e. The first-order valence-corrected chi connectivity index (χ1v) is 6.55. The Balaban J connectivity index is 2.60. The van der Waals surface area contributed by atoms with Crippen LogP contribution in [0.4, 0.5) is 10.1 Å². The van der Waals surface area contributed by atoms with Crippen molar-refractivity contribution in [3.63, 3.8) is 0 Å². The molecular formula is C14H16ClFN2O. The highest BCUT2D eigenvalue weighted by atomic mass is 35.5. The summed E-state index contributed by atoms with van der Waals surface area (Å²) in [4.78, 5) is 4.27. The molecule has 1 heterocycles. The van der Waals surface area contributed by atoms with Gasteiger partial charge in [-0.25, -0.2) is 9.37 Å². The molecule has 0 saturated heterocycles. The van der Waals surface area contributed by atoms with E-state index in [0.29, 0.717) is 12.3 Å². The lowest BCUT2D eigenvalue weighted by atomic mass is 10.1. The number of anilines is 1. The molecule has 1 aromatic carbocycles. The maximum absolute atomic E-state index is 14.1. The highest BCUT2D eigenvalue weighted by molar-refractivity contribution is 6.31. The van der Waals surface area contributed by atoms with E-state index in [4.69, 9.17) is 16.3 Å². The Morgan fingerprint density at radius 1 is 1.42 bits per heavy atom. The summed E-state index contributed by atoms with van der Waals surface area (Å²) in [5.74, 6) is -0.489. The molecule has 0 amide bonds. The fourth-order valence-electron chi connectivity index (χ4n) is 1.91. The van der Waals surface area contributed by atoms with Crippen molar-refractivity contribution in [3.05, 3.63) is 34.7 Å². The van der Waals surface area contributed by atoms with Gasteiger partial charge in [0.15, 0.2) is 5.82 Å². The van der Waals surface area contributed by atoms with Crippen LogP contribution in [0, 0.1) is 5.82 Å². The van der Waals surface area contributed by atoms with Crippen LogP contribution in [0.15, 0.2) is 18.2 Å². The molecule has 0 bridgehead atoms. The second kappa shape index (κ2) is 6.17. The molecule has 0 saturated carbocycles. The Labute approximate surface area is 116 Å². The molecule has 0 atom stereocenters. The van der Waals surface area contributed by atoms with Crippen LogP contribution in [-0.4, -0.2) is 18.6 Å². The molecule has 0 fully saturated rings. The number of fused-ring (bicyclic) bond motifs is 1. The van der Waals surface area contributed by atoms with Gasteiger partial charge in [-0.1, -0.05) is 18.5 Å². The lowest BCUT2D eigenvalue weighted by Gasteiger charge is -2.12. The molecule has 0 spiro atoms. The average molecular weight is 283 g/mol. The molecule has 0 aliphatic heterocycles. The van der Waals surface area contributed by atoms with Crippen LogP contribution in [0.25, 0.3) is 10.9 Å². The van der Waals surface area contributed by atoms with E-state index in [1.165, 1.54) is 0 Å². The number of nitrogens with one attached hydrogen (secondary N) is 1. The molecule has 0 aliphatic rings. The molecule has 0 radical (unpaired) electrons. The third-order valence-electron chi connectivity index (χ3n) is 2.78. The van der Waals surface area contributed by atoms with Gasteiger partial charge in [0, 0.05) is 24.7 Å². The number of aromatic nitrogens is 1. The van der Waals surface area contributed by atoms with Crippen LogP contribution in [0.1, 0.15) is 19.0 Å². The molecule has 0 unspecified atom stereocenters. The van der Waals surface area contributed by atoms with E-state index in [9.17, 15) is 4.39 Å². The highest BCUT2D eigenvalue weighted by Crippen LogP contribution is 2.29. The van der Waals surface area contributed by atoms with Gasteiger partial charge < -0.3 is 10.1 Å². The van der Waals surface area contributed by atoms with Gasteiger partial charge >= 0.3 is 0 Å². The van der Waals surface area contributed by atoms with Crippen LogP contribution >= 0.6 is 11.6 Å². The smallest absolute Gasteiger partial charge is 0.168 e. The maximum atomic E-state index is 14.1. The Bertz CT molecular complexity index is 589. The van der Waals surface area contributed by atoms with Crippen molar-refractivity contribution in [2.45, 2.75) is 20.0 Å². The minimum Gasteiger partial charge on any atom is -0.384 e. The van der Waals surface area contributed by atoms with Gasteiger partial charge in [0.25, 0.3) is 0 Å². The fraction of sp³-hybridized carbons (Fsp3) is 0.357. The molecule has 19 heavy (non-hydrogen) atoms. The van der Waals surface area contributed by atoms with Crippen molar-refractivity contribution in [1.29, 1.82) is 0 Å². The van der Waals surface area contributed by atoms with Gasteiger partial charge in [-0.3, -0.25) is 0 Å². The van der Waals surface area contributed by atoms with Gasteiger partial charge in [0.1, 0.15) is 5.52 Å². The van der Waals surface area contributed by atoms with Crippen LogP contribution in [0.3, 0.4) is 0 Å². The summed E-state index contributed by atoms with van der Waals surface area (Å²) in [6, 6.07) is 5.21. The van der Waals surface area contributed by atoms with E-state index in [2.05, 4.69) is 17.2 Å². The summed E-state index contributed by atoms with van der Waals surface area (Å²) in [6.07, 6.45) is 0.986. The number of ether oxygens (including phenoxy) is 1. The first-order valence-electron chi connectivity index (χ1n) is 6.17. The van der Waals surface area contributed by atoms with E-state index in [-0.39, 0.29) is 10.5 Å². The Morgan fingerprint density at radius 2 is 2.21 bits per heavy atom. The number of halogens is 2. The number of hydrogen-bond acceptors (Lipinski definition) is 3. The van der Waals surface area contributed by atoms with E-state index in [1.807, 2.05) is 6.07 Å². The molecular weight excluding hydrogens is 267 g/mol. The summed E-state index contributed by atoms with van der Waals surface area (Å²) in [5.41, 5.74) is 1.81. The zero-order chi connectivity index (χ0) is 13.8. The summed E-state index contributed by atoms with van der Waals surface area (Å²) in [6.45, 7) is 3.22. The predicted molar refractivity (Wildman–Crippen MR) is 76.2 cm³/mol. The Hall–Kier alpha value is -1.39. The number of pyridine rings is 1. The summed E-state index contributed by atoms with van der Waals surface area (Å²) in [7, 11) is 1.58. The predicted octanol–water partition coefficient (Wildman–Crippen LogP) is 4.00. The highest BCUT2D eigenvalue weighted by Gasteiger charge is 2.12. The molecule has 3 nitrogen and oxygen atoms in total. The second-order valence-corrected chi connectivity index (χ2v) is 4.69. The first-order chi connectivity index (χ1) is 9.17. The minimum atomic E-state index is -0.489. The van der Waals surface area contributed by atoms with Crippen molar-refractivity contribution >= 4 is 28.2 Å². The monoisotopic (exact) mass is 282 g/mol. The van der Waals surface area contributed by atoms with Gasteiger partial charge in [0.05, 0.1) is 17.3 Å². The number of benzene rings is 1. The quantitative estimate of drug-likeness (QED) is 0.900. The molecule has 5 heteroatoms. The van der Waals surface area contributed by atoms with E-state index in [0.717, 1.165) is 24.0 Å². The number of nitrogens with zero attached hydrogens (tertiary/aromatic N) is 1. The van der Waals surface area contributed by atoms with Crippen molar-refractivity contribution < 1.29 is 9.13 Å². The van der Waals surface area contributed by atoms with Gasteiger partial charge in [-0.15, -0.1) is 0 Å². The zero-order valence-electron chi connectivity index (χ0n) is 11.0. The third kappa shape index (κ3) is 2.96. The maximum Gasteiger partial charge on any atom is 0.168 e. The minimum absolute atomic E-state index is 0.0796. The number of methoxy groups -OCH3 is 1. The molecule has 1 N–H and O–H groups in total. The van der Waals surface area contributed by atoms with Gasteiger partial charge in [-0.05, 0) is 24.6 Å². The van der Waals surface area contributed by atoms with Crippen molar-refractivity contribution in [1.82, 2.24) is 4.98 Å². The topological polar surface area (TPSA) is 34.1 Å². The first kappa shape index (κ1) is 14.0. The SMILES string of the molecule is CCCNc1cc(COC)nc2c(F)c(Cl)ccc12. The number of rotatable bonds is 5. The normalized spacial score (nSPS) is 10.9. The van der Waals surface area contributed by atoms with Gasteiger partial charge in [0.2, 0.25) is 0 Å². The fourth-order valence-corrected chi connectivity index (χ4v) is 2.07. The van der Waals surface area contributed by atoms with Crippen LogP contribution in [-0.2, 0) is 11.3 Å². The zero-order valence-corrected chi connectivity index (χ0v) is 11.7. The lowest BCUT2D eigenvalue weighted by Crippen LogP contribution is -2.04. The second-order valence-electron chi connectivity index (χ2n) is 4.28. The molecule has 102 valence electrons. The van der Waals surface area contributed by atoms with Crippen molar-refractivity contribution in [3.8, 4) is 0 Å². The van der Waals surface area contributed by atoms with Crippen LogP contribution in [0.5, 0.6) is 0 Å². The summed E-state index contributed by atoms with van der Waals surface area (Å²) in [5, 5.41) is 4.09. The van der Waals surface area contributed by atoms with Crippen molar-refractivity contribution in [2.24, 2.45) is 0 Å². The van der Waals surface area contributed by atoms with Gasteiger partial charge in [-0.2, -0.15) is 0 Å². The average Bonchev–Trinajstić information content (AvgIpc) is 2.41. The molecule has 0 aliphatic carbocycles. The molecule has 2 aromatic rings. The molecule has 1 aromatic heterocycles. The number of hydrogen-bond donors (Lipinski definition) is 1. The molecule has 2 rings (SSSR count). The lowest BCUT2D eigenvalue weighted by molar-refractivity contribution is 0.182.